The number of halogens is 1. The molecule has 164 valence electrons. The summed E-state index contributed by atoms with van der Waals surface area (Å²) in [5.41, 5.74) is 3.52. The Morgan fingerprint density at radius 1 is 1.19 bits per heavy atom. The number of nitrogens with zero attached hydrogens (tertiary/aromatic N) is 2. The summed E-state index contributed by atoms with van der Waals surface area (Å²) in [7, 11) is 5.11. The Morgan fingerprint density at radius 3 is 2.61 bits per heavy atom. The third kappa shape index (κ3) is 3.79. The van der Waals surface area contributed by atoms with E-state index in [4.69, 9.17) is 9.47 Å². The van der Waals surface area contributed by atoms with E-state index in [1.165, 1.54) is 0 Å². The van der Waals surface area contributed by atoms with Crippen LogP contribution in [0.1, 0.15) is 17.9 Å². The van der Waals surface area contributed by atoms with Crippen LogP contribution < -0.4 is 9.47 Å². The van der Waals surface area contributed by atoms with Gasteiger partial charge >= 0.3 is 0 Å². The number of likely N-dealkylation sites (N-methyl/N-ethyl adjacent to an activating group) is 1. The van der Waals surface area contributed by atoms with Crippen molar-refractivity contribution in [1.29, 1.82) is 0 Å². The fourth-order valence-electron chi connectivity index (χ4n) is 4.45. The zero-order valence-corrected chi connectivity index (χ0v) is 19.3. The van der Waals surface area contributed by atoms with E-state index in [1.807, 2.05) is 37.4 Å². The van der Waals surface area contributed by atoms with Crippen molar-refractivity contribution in [2.75, 3.05) is 34.4 Å². The van der Waals surface area contributed by atoms with Crippen molar-refractivity contribution in [1.82, 2.24) is 15.1 Å². The molecule has 0 bridgehead atoms. The minimum absolute atomic E-state index is 0.00135. The molecule has 0 amide bonds. The van der Waals surface area contributed by atoms with Gasteiger partial charge in [-0.3, -0.25) is 5.10 Å². The van der Waals surface area contributed by atoms with Crippen molar-refractivity contribution in [3.05, 3.63) is 46.4 Å². The van der Waals surface area contributed by atoms with E-state index in [0.29, 0.717) is 28.3 Å². The average molecular weight is 488 g/mol. The highest BCUT2D eigenvalue weighted by atomic mass is 79.9. The maximum atomic E-state index is 11.4. The number of aliphatic hydroxyl groups excluding tert-OH is 1. The SMILES string of the molecule is COc1cc(OC)c(C2CCN(C)C2CO)c(O)c1-c1cc(-c2ccccc2Br)n[nH]1. The molecule has 0 saturated carbocycles. The summed E-state index contributed by atoms with van der Waals surface area (Å²) in [6, 6.07) is 11.4. The second-order valence-electron chi connectivity index (χ2n) is 7.69. The standard InChI is InChI=1S/C23H26BrN3O4/c1-27-9-8-14(18(27)12-28)21-19(30-2)11-20(31-3)22(23(21)29)17-10-16(25-26-17)13-6-4-5-7-15(13)24/h4-7,10-11,14,18,28-29H,8-9,12H2,1-3H3,(H,25,26). The van der Waals surface area contributed by atoms with Gasteiger partial charge in [0.25, 0.3) is 0 Å². The summed E-state index contributed by atoms with van der Waals surface area (Å²) < 4.78 is 12.1. The molecule has 0 radical (unpaired) electrons. The van der Waals surface area contributed by atoms with E-state index < -0.39 is 0 Å². The average Bonchev–Trinajstić information content (AvgIpc) is 3.39. The maximum Gasteiger partial charge on any atom is 0.135 e. The molecule has 1 aromatic heterocycles. The number of hydrogen-bond donors (Lipinski definition) is 3. The van der Waals surface area contributed by atoms with E-state index in [0.717, 1.165) is 28.7 Å². The van der Waals surface area contributed by atoms with Gasteiger partial charge in [0.15, 0.2) is 0 Å². The number of rotatable bonds is 6. The maximum absolute atomic E-state index is 11.4. The number of phenolic OH excluding ortho intramolecular Hbond substituents is 1. The molecule has 4 rings (SSSR count). The Morgan fingerprint density at radius 2 is 1.94 bits per heavy atom. The van der Waals surface area contributed by atoms with Crippen molar-refractivity contribution in [3.8, 4) is 39.8 Å². The third-order valence-electron chi connectivity index (χ3n) is 6.08. The van der Waals surface area contributed by atoms with Crippen LogP contribution in [0.15, 0.2) is 40.9 Å². The summed E-state index contributed by atoms with van der Waals surface area (Å²) in [4.78, 5) is 2.11. The Hall–Kier alpha value is -2.55. The number of likely N-dealkylation sites (tertiary alicyclic amines) is 1. The second-order valence-corrected chi connectivity index (χ2v) is 8.55. The summed E-state index contributed by atoms with van der Waals surface area (Å²) in [5.74, 6) is 1.03. The van der Waals surface area contributed by atoms with Crippen LogP contribution in [0.3, 0.4) is 0 Å². The molecule has 1 fully saturated rings. The van der Waals surface area contributed by atoms with E-state index in [-0.39, 0.29) is 24.3 Å². The molecule has 0 spiro atoms. The molecular formula is C23H26BrN3O4. The van der Waals surface area contributed by atoms with Crippen molar-refractivity contribution in [3.63, 3.8) is 0 Å². The number of aliphatic hydroxyl groups is 1. The predicted molar refractivity (Wildman–Crippen MR) is 123 cm³/mol. The van der Waals surface area contributed by atoms with Crippen molar-refractivity contribution >= 4 is 15.9 Å². The topological polar surface area (TPSA) is 90.8 Å². The number of aromatic hydroxyl groups is 1. The van der Waals surface area contributed by atoms with Gasteiger partial charge in [-0.1, -0.05) is 34.1 Å². The van der Waals surface area contributed by atoms with Gasteiger partial charge in [0, 0.05) is 33.6 Å². The molecule has 3 N–H and O–H groups in total. The van der Waals surface area contributed by atoms with Gasteiger partial charge in [0.1, 0.15) is 17.2 Å². The Kier molecular flexibility index (Phi) is 6.22. The first-order valence-corrected chi connectivity index (χ1v) is 10.9. The lowest BCUT2D eigenvalue weighted by molar-refractivity contribution is 0.171. The van der Waals surface area contributed by atoms with Gasteiger partial charge in [-0.15, -0.1) is 0 Å². The van der Waals surface area contributed by atoms with Gasteiger partial charge in [-0.2, -0.15) is 5.10 Å². The number of benzene rings is 2. The number of phenols is 1. The number of nitrogens with one attached hydrogen (secondary N) is 1. The molecule has 2 heterocycles. The van der Waals surface area contributed by atoms with Crippen LogP contribution in [0.2, 0.25) is 0 Å². The number of aromatic nitrogens is 2. The predicted octanol–water partition coefficient (Wildman–Crippen LogP) is 4.01. The normalized spacial score (nSPS) is 19.0. The molecule has 1 saturated heterocycles. The molecule has 2 atom stereocenters. The molecule has 3 aromatic rings. The van der Waals surface area contributed by atoms with Crippen LogP contribution in [0, 0.1) is 0 Å². The molecule has 7 nitrogen and oxygen atoms in total. The molecule has 8 heteroatoms. The van der Waals surface area contributed by atoms with Crippen LogP contribution in [-0.2, 0) is 0 Å². The number of hydrogen-bond acceptors (Lipinski definition) is 6. The quantitative estimate of drug-likeness (QED) is 0.486. The zero-order valence-electron chi connectivity index (χ0n) is 17.7. The zero-order chi connectivity index (χ0) is 22.1. The Bertz CT molecular complexity index is 1080. The molecule has 1 aliphatic rings. The highest BCUT2D eigenvalue weighted by Gasteiger charge is 2.37. The van der Waals surface area contributed by atoms with Crippen LogP contribution in [0.4, 0.5) is 0 Å². The Balaban J connectivity index is 1.86. The smallest absolute Gasteiger partial charge is 0.135 e. The van der Waals surface area contributed by atoms with Gasteiger partial charge in [-0.25, -0.2) is 0 Å². The molecule has 1 aliphatic heterocycles. The minimum atomic E-state index is -0.0985. The third-order valence-corrected chi connectivity index (χ3v) is 6.78. The summed E-state index contributed by atoms with van der Waals surface area (Å²) in [6.07, 6.45) is 0.808. The molecular weight excluding hydrogens is 462 g/mol. The fraction of sp³-hybridized carbons (Fsp3) is 0.348. The highest BCUT2D eigenvalue weighted by molar-refractivity contribution is 9.10. The number of methoxy groups -OCH3 is 2. The largest absolute Gasteiger partial charge is 0.507 e. The summed E-state index contributed by atoms with van der Waals surface area (Å²) in [6.45, 7) is 0.831. The first-order chi connectivity index (χ1) is 15.0. The summed E-state index contributed by atoms with van der Waals surface area (Å²) in [5, 5.41) is 28.9. The molecule has 2 unspecified atom stereocenters. The van der Waals surface area contributed by atoms with Crippen molar-refractivity contribution < 1.29 is 19.7 Å². The van der Waals surface area contributed by atoms with E-state index in [9.17, 15) is 10.2 Å². The monoisotopic (exact) mass is 487 g/mol. The number of ether oxygens (including phenoxy) is 2. The van der Waals surface area contributed by atoms with Gasteiger partial charge in [0.2, 0.25) is 0 Å². The van der Waals surface area contributed by atoms with Crippen LogP contribution in [0.5, 0.6) is 17.2 Å². The lowest BCUT2D eigenvalue weighted by atomic mass is 9.88. The lowest BCUT2D eigenvalue weighted by Gasteiger charge is -2.26. The highest BCUT2D eigenvalue weighted by Crippen LogP contribution is 2.50. The minimum Gasteiger partial charge on any atom is -0.507 e. The van der Waals surface area contributed by atoms with Crippen LogP contribution >= 0.6 is 15.9 Å². The van der Waals surface area contributed by atoms with Gasteiger partial charge in [0.05, 0.1) is 37.8 Å². The summed E-state index contributed by atoms with van der Waals surface area (Å²) >= 11 is 3.56. The first-order valence-electron chi connectivity index (χ1n) is 10.1. The van der Waals surface area contributed by atoms with E-state index in [1.54, 1.807) is 20.3 Å². The molecule has 0 aliphatic carbocycles. The fourth-order valence-corrected chi connectivity index (χ4v) is 4.94. The molecule has 31 heavy (non-hydrogen) atoms. The lowest BCUT2D eigenvalue weighted by Crippen LogP contribution is -2.32. The second kappa shape index (κ2) is 8.90. The first kappa shape index (κ1) is 21.7. The van der Waals surface area contributed by atoms with E-state index >= 15 is 0 Å². The van der Waals surface area contributed by atoms with Crippen LogP contribution in [0.25, 0.3) is 22.5 Å². The Labute approximate surface area is 189 Å². The van der Waals surface area contributed by atoms with Gasteiger partial charge < -0.3 is 24.6 Å². The molecule has 2 aromatic carbocycles. The number of aromatic amines is 1. The van der Waals surface area contributed by atoms with Gasteiger partial charge in [-0.05, 0) is 32.1 Å². The number of H-pyrrole nitrogens is 1. The van der Waals surface area contributed by atoms with Crippen molar-refractivity contribution in [2.24, 2.45) is 0 Å². The van der Waals surface area contributed by atoms with E-state index in [2.05, 4.69) is 31.0 Å². The van der Waals surface area contributed by atoms with Crippen molar-refractivity contribution in [2.45, 2.75) is 18.4 Å². The van der Waals surface area contributed by atoms with Crippen LogP contribution in [-0.4, -0.2) is 65.8 Å².